The summed E-state index contributed by atoms with van der Waals surface area (Å²) in [6.07, 6.45) is 9.89. The summed E-state index contributed by atoms with van der Waals surface area (Å²) in [7, 11) is 0. The number of benzene rings is 1. The molecule has 0 N–H and O–H groups in total. The molecule has 2 aliphatic rings. The summed E-state index contributed by atoms with van der Waals surface area (Å²) in [5.41, 5.74) is 1.83. The number of hydrogen-bond donors (Lipinski definition) is 0. The van der Waals surface area contributed by atoms with Crippen molar-refractivity contribution in [2.24, 2.45) is 0 Å². The summed E-state index contributed by atoms with van der Waals surface area (Å²) in [5.74, 6) is 0.868. The molecule has 0 spiro atoms. The number of likely N-dealkylation sites (tertiary alicyclic amines) is 2. The van der Waals surface area contributed by atoms with E-state index in [2.05, 4.69) is 16.0 Å². The molecule has 5 heteroatoms. The van der Waals surface area contributed by atoms with Crippen LogP contribution in [0, 0.1) is 0 Å². The molecule has 1 amide bonds. The number of carbonyl (C=O) groups is 1. The predicted molar refractivity (Wildman–Crippen MR) is 119 cm³/mol. The topological polar surface area (TPSA) is 45.7 Å². The van der Waals surface area contributed by atoms with E-state index in [0.717, 1.165) is 69.9 Å². The average Bonchev–Trinajstić information content (AvgIpc) is 2.76. The summed E-state index contributed by atoms with van der Waals surface area (Å²) in [6.45, 7) is 4.59. The number of ether oxygens (including phenoxy) is 1. The first-order valence-electron chi connectivity index (χ1n) is 11.5. The smallest absolute Gasteiger partial charge is 0.257 e. The SMILES string of the molecule is O=C(c1ccccc1OC1CCN(Cc2ccccn2)CC1)N1CCCCCCC1. The van der Waals surface area contributed by atoms with Gasteiger partial charge >= 0.3 is 0 Å². The van der Waals surface area contributed by atoms with Gasteiger partial charge in [-0.15, -0.1) is 0 Å². The molecule has 2 saturated heterocycles. The Hall–Kier alpha value is -2.40. The lowest BCUT2D eigenvalue weighted by atomic mass is 10.1. The van der Waals surface area contributed by atoms with Crippen LogP contribution in [-0.4, -0.2) is 53.0 Å². The zero-order chi connectivity index (χ0) is 20.6. The minimum atomic E-state index is 0.125. The van der Waals surface area contributed by atoms with Crippen molar-refractivity contribution in [3.63, 3.8) is 0 Å². The monoisotopic (exact) mass is 407 g/mol. The van der Waals surface area contributed by atoms with E-state index in [4.69, 9.17) is 4.74 Å². The third kappa shape index (κ3) is 5.60. The molecule has 2 aliphatic heterocycles. The number of carbonyl (C=O) groups excluding carboxylic acids is 1. The van der Waals surface area contributed by atoms with Crippen LogP contribution in [0.15, 0.2) is 48.7 Å². The fraction of sp³-hybridized carbons (Fsp3) is 0.520. The van der Waals surface area contributed by atoms with E-state index < -0.39 is 0 Å². The minimum Gasteiger partial charge on any atom is -0.489 e. The van der Waals surface area contributed by atoms with Gasteiger partial charge in [0, 0.05) is 38.9 Å². The number of rotatable bonds is 5. The van der Waals surface area contributed by atoms with Gasteiger partial charge < -0.3 is 9.64 Å². The van der Waals surface area contributed by atoms with Gasteiger partial charge in [-0.2, -0.15) is 0 Å². The maximum atomic E-state index is 13.2. The Morgan fingerprint density at radius 3 is 2.33 bits per heavy atom. The van der Waals surface area contributed by atoms with Crippen LogP contribution < -0.4 is 4.74 Å². The highest BCUT2D eigenvalue weighted by atomic mass is 16.5. The molecule has 0 bridgehead atoms. The number of amides is 1. The number of para-hydroxylation sites is 1. The highest BCUT2D eigenvalue weighted by Gasteiger charge is 2.24. The average molecular weight is 408 g/mol. The molecule has 3 heterocycles. The van der Waals surface area contributed by atoms with E-state index in [1.54, 1.807) is 0 Å². The van der Waals surface area contributed by atoms with Gasteiger partial charge in [0.05, 0.1) is 11.3 Å². The zero-order valence-corrected chi connectivity index (χ0v) is 17.8. The van der Waals surface area contributed by atoms with Gasteiger partial charge in [-0.25, -0.2) is 0 Å². The molecule has 2 fully saturated rings. The standard InChI is InChI=1S/C25H33N3O2/c29-25(28-16-8-2-1-3-9-17-28)23-11-4-5-12-24(23)30-22-13-18-27(19-14-22)20-21-10-6-7-15-26-21/h4-7,10-12,15,22H,1-3,8-9,13-14,16-20H2. The van der Waals surface area contributed by atoms with Gasteiger partial charge in [-0.3, -0.25) is 14.7 Å². The van der Waals surface area contributed by atoms with Crippen molar-refractivity contribution in [2.45, 2.75) is 57.6 Å². The van der Waals surface area contributed by atoms with Crippen molar-refractivity contribution >= 4 is 5.91 Å². The molecular weight excluding hydrogens is 374 g/mol. The molecule has 2 aromatic rings. The van der Waals surface area contributed by atoms with Crippen molar-refractivity contribution in [2.75, 3.05) is 26.2 Å². The third-order valence-electron chi connectivity index (χ3n) is 6.20. The Bertz CT molecular complexity index is 795. The van der Waals surface area contributed by atoms with E-state index in [-0.39, 0.29) is 12.0 Å². The summed E-state index contributed by atoms with van der Waals surface area (Å²) in [4.78, 5) is 22.1. The molecule has 0 atom stereocenters. The maximum Gasteiger partial charge on any atom is 0.257 e. The minimum absolute atomic E-state index is 0.125. The highest BCUT2D eigenvalue weighted by molar-refractivity contribution is 5.97. The summed E-state index contributed by atoms with van der Waals surface area (Å²) < 4.78 is 6.36. The Balaban J connectivity index is 1.34. The lowest BCUT2D eigenvalue weighted by molar-refractivity contribution is 0.0718. The van der Waals surface area contributed by atoms with Gasteiger partial charge in [0.2, 0.25) is 0 Å². The highest BCUT2D eigenvalue weighted by Crippen LogP contribution is 2.25. The summed E-state index contributed by atoms with van der Waals surface area (Å²) in [6, 6.07) is 13.9. The van der Waals surface area contributed by atoms with Gasteiger partial charge in [0.25, 0.3) is 5.91 Å². The van der Waals surface area contributed by atoms with Crippen LogP contribution in [0.5, 0.6) is 5.75 Å². The zero-order valence-electron chi connectivity index (χ0n) is 17.8. The second-order valence-electron chi connectivity index (χ2n) is 8.47. The van der Waals surface area contributed by atoms with Gasteiger partial charge in [-0.1, -0.05) is 37.5 Å². The molecule has 5 nitrogen and oxygen atoms in total. The lowest BCUT2D eigenvalue weighted by Crippen LogP contribution is -2.38. The summed E-state index contributed by atoms with van der Waals surface area (Å²) >= 11 is 0. The number of piperidine rings is 1. The van der Waals surface area contributed by atoms with Crippen LogP contribution in [0.2, 0.25) is 0 Å². The van der Waals surface area contributed by atoms with Crippen molar-refractivity contribution in [3.8, 4) is 5.75 Å². The normalized spacial score (nSPS) is 19.1. The van der Waals surface area contributed by atoms with Crippen LogP contribution in [0.1, 0.15) is 61.0 Å². The largest absolute Gasteiger partial charge is 0.489 e. The number of pyridine rings is 1. The van der Waals surface area contributed by atoms with Gasteiger partial charge in [0.15, 0.2) is 0 Å². The molecule has 0 saturated carbocycles. The molecule has 1 aromatic heterocycles. The molecule has 160 valence electrons. The predicted octanol–water partition coefficient (Wildman–Crippen LogP) is 4.53. The van der Waals surface area contributed by atoms with Crippen molar-refractivity contribution < 1.29 is 9.53 Å². The van der Waals surface area contributed by atoms with Crippen LogP contribution in [0.3, 0.4) is 0 Å². The second kappa shape index (κ2) is 10.6. The maximum absolute atomic E-state index is 13.2. The fourth-order valence-corrected chi connectivity index (χ4v) is 4.45. The molecular formula is C25H33N3O2. The first-order valence-corrected chi connectivity index (χ1v) is 11.5. The van der Waals surface area contributed by atoms with Crippen molar-refractivity contribution in [3.05, 3.63) is 59.9 Å². The van der Waals surface area contributed by atoms with E-state index in [9.17, 15) is 4.79 Å². The van der Waals surface area contributed by atoms with Crippen molar-refractivity contribution in [1.29, 1.82) is 0 Å². The Morgan fingerprint density at radius 1 is 0.900 bits per heavy atom. The Kier molecular flexibility index (Phi) is 7.35. The number of aromatic nitrogens is 1. The van der Waals surface area contributed by atoms with Gasteiger partial charge in [0.1, 0.15) is 11.9 Å². The molecule has 30 heavy (non-hydrogen) atoms. The Morgan fingerprint density at radius 2 is 1.60 bits per heavy atom. The van der Waals surface area contributed by atoms with Crippen LogP contribution >= 0.6 is 0 Å². The van der Waals surface area contributed by atoms with E-state index in [1.807, 2.05) is 47.5 Å². The van der Waals surface area contributed by atoms with E-state index in [0.29, 0.717) is 5.56 Å². The van der Waals surface area contributed by atoms with Crippen LogP contribution in [-0.2, 0) is 6.54 Å². The lowest BCUT2D eigenvalue weighted by Gasteiger charge is -2.32. The molecule has 0 radical (unpaired) electrons. The second-order valence-corrected chi connectivity index (χ2v) is 8.47. The Labute approximate surface area is 180 Å². The number of hydrogen-bond acceptors (Lipinski definition) is 4. The number of nitrogens with zero attached hydrogens (tertiary/aromatic N) is 3. The summed E-state index contributed by atoms with van der Waals surface area (Å²) in [5, 5.41) is 0. The molecule has 4 rings (SSSR count). The van der Waals surface area contributed by atoms with Crippen LogP contribution in [0.4, 0.5) is 0 Å². The van der Waals surface area contributed by atoms with Gasteiger partial charge in [-0.05, 0) is 49.9 Å². The fourth-order valence-electron chi connectivity index (χ4n) is 4.45. The molecule has 0 unspecified atom stereocenters. The first kappa shape index (κ1) is 20.9. The third-order valence-corrected chi connectivity index (χ3v) is 6.20. The quantitative estimate of drug-likeness (QED) is 0.730. The first-order chi connectivity index (χ1) is 14.8. The van der Waals surface area contributed by atoms with Crippen molar-refractivity contribution in [1.82, 2.24) is 14.8 Å². The molecule has 0 aliphatic carbocycles. The van der Waals surface area contributed by atoms with Crippen LogP contribution in [0.25, 0.3) is 0 Å². The molecule has 1 aromatic carbocycles. The van der Waals surface area contributed by atoms with E-state index >= 15 is 0 Å². The van der Waals surface area contributed by atoms with E-state index in [1.165, 1.54) is 19.3 Å².